The molecule has 0 saturated heterocycles. The molecule has 0 aliphatic carbocycles. The van der Waals surface area contributed by atoms with Crippen LogP contribution in [0.3, 0.4) is 0 Å². The van der Waals surface area contributed by atoms with E-state index in [0.717, 1.165) is 12.2 Å². The van der Waals surface area contributed by atoms with Crippen molar-refractivity contribution in [1.82, 2.24) is 0 Å². The Bertz CT molecular complexity index is 140. The summed E-state index contributed by atoms with van der Waals surface area (Å²) in [7, 11) is 0. The fourth-order valence-electron chi connectivity index (χ4n) is 0. The summed E-state index contributed by atoms with van der Waals surface area (Å²) in [4.78, 5) is 18.3. The Balaban J connectivity index is -0.0000000457. The molecule has 6 heteroatoms. The summed E-state index contributed by atoms with van der Waals surface area (Å²) in [6.45, 7) is 5.80. The normalized spacial score (nSPS) is 5.33. The summed E-state index contributed by atoms with van der Waals surface area (Å²) in [6.07, 6.45) is 1.44. The van der Waals surface area contributed by atoms with Crippen molar-refractivity contribution in [2.75, 3.05) is 0 Å². The monoisotopic (exact) mass is 265 g/mol. The molecule has 0 spiro atoms. The van der Waals surface area contributed by atoms with Crippen LogP contribution in [0.5, 0.6) is 0 Å². The molecule has 0 aromatic rings. The van der Waals surface area contributed by atoms with Crippen molar-refractivity contribution in [3.8, 4) is 0 Å². The van der Waals surface area contributed by atoms with Gasteiger partial charge in [0.1, 0.15) is 0 Å². The zero-order valence-corrected chi connectivity index (χ0v) is 10.3. The van der Waals surface area contributed by atoms with E-state index in [-0.39, 0.29) is 36.3 Å². The second-order valence-corrected chi connectivity index (χ2v) is 1.05. The minimum atomic E-state index is -1.23. The van der Waals surface area contributed by atoms with Gasteiger partial charge in [0, 0.05) is 19.5 Å². The molecule has 0 heterocycles. The van der Waals surface area contributed by atoms with Gasteiger partial charge in [-0.15, -0.1) is 0 Å². The van der Waals surface area contributed by atoms with Crippen molar-refractivity contribution < 1.29 is 56.1 Å². The van der Waals surface area contributed by atoms with Crippen molar-refractivity contribution in [2.45, 2.75) is 0 Å². The molecule has 0 atom stereocenters. The number of hydrogen-bond donors (Lipinski definition) is 0. The molecule has 0 N–H and O–H groups in total. The first kappa shape index (κ1) is 22.6. The van der Waals surface area contributed by atoms with Crippen LogP contribution in [0.25, 0.3) is 0 Å². The number of carboxylic acid groups (broad SMARTS) is 2. The predicted octanol–water partition coefficient (Wildman–Crippen LogP) is -2.16. The van der Waals surface area contributed by atoms with E-state index in [0.29, 0.717) is 0 Å². The number of carbonyl (C=O) groups is 2. The summed E-state index contributed by atoms with van der Waals surface area (Å²) in [5.41, 5.74) is 0. The van der Waals surface area contributed by atoms with Crippen LogP contribution in [0.1, 0.15) is 0 Å². The average molecular weight is 266 g/mol. The first-order valence-corrected chi connectivity index (χ1v) is 2.21. The van der Waals surface area contributed by atoms with Crippen LogP contribution >= 0.6 is 0 Å². The molecule has 0 unspecified atom stereocenters. The van der Waals surface area contributed by atoms with Gasteiger partial charge in [-0.3, -0.25) is 0 Å². The second kappa shape index (κ2) is 16.9. The van der Waals surface area contributed by atoms with Crippen molar-refractivity contribution in [3.63, 3.8) is 0 Å². The Morgan fingerprint density at radius 2 is 1.08 bits per heavy atom. The fraction of sp³-hybridized carbons (Fsp3) is 0. The van der Waals surface area contributed by atoms with E-state index in [1.807, 2.05) is 0 Å². The summed E-state index contributed by atoms with van der Waals surface area (Å²) in [6, 6.07) is 0. The van der Waals surface area contributed by atoms with Gasteiger partial charge in [-0.1, -0.05) is 13.2 Å². The number of hydrogen-bond acceptors (Lipinski definition) is 4. The molecule has 4 nitrogen and oxygen atoms in total. The van der Waals surface area contributed by atoms with Crippen LogP contribution in [0.4, 0.5) is 0 Å². The van der Waals surface area contributed by atoms with Gasteiger partial charge in [-0.05, 0) is 12.2 Å². The Kier molecular flexibility index (Phi) is 31.7. The van der Waals surface area contributed by atoms with Crippen LogP contribution in [0.15, 0.2) is 25.3 Å². The standard InChI is InChI=1S/2C3H4O2.Co.Zn/c2*1-2-3(4)5;;/h2*2H,1H2,(H,4,5);;/q;;+2;/p-2. The first-order valence-electron chi connectivity index (χ1n) is 2.21. The van der Waals surface area contributed by atoms with Crippen LogP contribution in [0.2, 0.25) is 0 Å². The second-order valence-electron chi connectivity index (χ2n) is 1.05. The van der Waals surface area contributed by atoms with Gasteiger partial charge in [-0.2, -0.15) is 0 Å². The van der Waals surface area contributed by atoms with Gasteiger partial charge in [0.2, 0.25) is 0 Å². The first-order chi connectivity index (χ1) is 4.54. The van der Waals surface area contributed by atoms with Crippen LogP contribution < -0.4 is 10.2 Å². The van der Waals surface area contributed by atoms with E-state index < -0.39 is 11.9 Å². The summed E-state index contributed by atoms with van der Waals surface area (Å²) >= 11 is 0. The van der Waals surface area contributed by atoms with Gasteiger partial charge in [0.15, 0.2) is 0 Å². The molecule has 0 aliphatic rings. The van der Waals surface area contributed by atoms with E-state index in [4.69, 9.17) is 19.8 Å². The third-order valence-electron chi connectivity index (χ3n) is 0.333. The van der Waals surface area contributed by atoms with E-state index in [1.165, 1.54) is 0 Å². The third-order valence-corrected chi connectivity index (χ3v) is 0.333. The van der Waals surface area contributed by atoms with E-state index in [2.05, 4.69) is 13.2 Å². The number of rotatable bonds is 2. The zero-order valence-electron chi connectivity index (χ0n) is 6.24. The van der Waals surface area contributed by atoms with Gasteiger partial charge in [0.05, 0.1) is 11.9 Å². The average Bonchev–Trinajstić information content (AvgIpc) is 1.89. The fourth-order valence-corrected chi connectivity index (χ4v) is 0. The number of carbonyl (C=O) groups excluding carboxylic acids is 2. The van der Waals surface area contributed by atoms with Crippen molar-refractivity contribution >= 4 is 11.9 Å². The van der Waals surface area contributed by atoms with Gasteiger partial charge in [0.25, 0.3) is 0 Å². The summed E-state index contributed by atoms with van der Waals surface area (Å²) < 4.78 is 0. The Labute approximate surface area is 93.3 Å². The van der Waals surface area contributed by atoms with Gasteiger partial charge >= 0.3 is 16.8 Å². The Hall–Kier alpha value is -0.450. The number of aliphatic carboxylic acids is 2. The quantitative estimate of drug-likeness (QED) is 0.421. The molecule has 65 valence electrons. The molecule has 0 aromatic heterocycles. The van der Waals surface area contributed by atoms with Crippen LogP contribution in [-0.2, 0) is 45.8 Å². The maximum atomic E-state index is 9.14. The molecule has 0 fully saturated rings. The van der Waals surface area contributed by atoms with Gasteiger partial charge in [-0.25, -0.2) is 0 Å². The molecule has 12 heavy (non-hydrogen) atoms. The Morgan fingerprint density at radius 1 is 1.00 bits per heavy atom. The van der Waals surface area contributed by atoms with Crippen molar-refractivity contribution in [2.24, 2.45) is 0 Å². The minimum absolute atomic E-state index is 0. The SMILES string of the molecule is C=CC(=O)[O-].C=CC(=O)[O-].[Co+2].[Zn]. The molecule has 1 radical (unpaired) electrons. The van der Waals surface area contributed by atoms with Crippen molar-refractivity contribution in [3.05, 3.63) is 25.3 Å². The van der Waals surface area contributed by atoms with E-state index in [9.17, 15) is 0 Å². The van der Waals surface area contributed by atoms with E-state index >= 15 is 0 Å². The summed E-state index contributed by atoms with van der Waals surface area (Å²) in [5.74, 6) is -2.46. The molecule has 0 aliphatic heterocycles. The van der Waals surface area contributed by atoms with Crippen molar-refractivity contribution in [1.29, 1.82) is 0 Å². The van der Waals surface area contributed by atoms with E-state index in [1.54, 1.807) is 0 Å². The zero-order chi connectivity index (χ0) is 8.57. The molecular weight excluding hydrogens is 260 g/mol. The van der Waals surface area contributed by atoms with Gasteiger partial charge < -0.3 is 19.8 Å². The van der Waals surface area contributed by atoms with Crippen LogP contribution in [0, 0.1) is 0 Å². The molecule has 0 saturated carbocycles. The topological polar surface area (TPSA) is 80.3 Å². The number of carboxylic acids is 2. The molecule has 0 rings (SSSR count). The maximum Gasteiger partial charge on any atom is 2.00 e. The molecule has 0 bridgehead atoms. The molecular formula is C6H6CoO4Zn. The molecule has 0 amide bonds. The summed E-state index contributed by atoms with van der Waals surface area (Å²) in [5, 5.41) is 18.3. The predicted molar refractivity (Wildman–Crippen MR) is 30.4 cm³/mol. The smallest absolute Gasteiger partial charge is 0.545 e. The van der Waals surface area contributed by atoms with Crippen LogP contribution in [-0.4, -0.2) is 11.9 Å². The molecule has 0 aromatic carbocycles. The Morgan fingerprint density at radius 3 is 1.08 bits per heavy atom. The maximum absolute atomic E-state index is 9.14. The third kappa shape index (κ3) is 55.4. The minimum Gasteiger partial charge on any atom is -0.545 e. The largest absolute Gasteiger partial charge is 2.00 e.